The van der Waals surface area contributed by atoms with E-state index in [1.807, 2.05) is 6.07 Å². The predicted molar refractivity (Wildman–Crippen MR) is 63.0 cm³/mol. The van der Waals surface area contributed by atoms with Crippen LogP contribution in [0, 0.1) is 0 Å². The summed E-state index contributed by atoms with van der Waals surface area (Å²) >= 11 is 12.0. The van der Waals surface area contributed by atoms with Crippen molar-refractivity contribution in [3.05, 3.63) is 27.7 Å². The molecule has 1 aromatic carbocycles. The summed E-state index contributed by atoms with van der Waals surface area (Å²) in [6, 6.07) is 3.56. The van der Waals surface area contributed by atoms with E-state index in [0.717, 1.165) is 5.56 Å². The summed E-state index contributed by atoms with van der Waals surface area (Å²) in [5.74, 6) is 0.543. The molecule has 2 nitrogen and oxygen atoms in total. The third-order valence-electron chi connectivity index (χ3n) is 1.97. The molecule has 1 rings (SSSR count). The maximum absolute atomic E-state index is 9.68. The average molecular weight is 249 g/mol. The highest BCUT2D eigenvalue weighted by molar-refractivity contribution is 6.43. The monoisotopic (exact) mass is 248 g/mol. The van der Waals surface area contributed by atoms with Gasteiger partial charge in [-0.25, -0.2) is 0 Å². The van der Waals surface area contributed by atoms with Crippen molar-refractivity contribution in [3.63, 3.8) is 0 Å². The van der Waals surface area contributed by atoms with Gasteiger partial charge in [0.1, 0.15) is 10.8 Å². The topological polar surface area (TPSA) is 29.5 Å². The lowest BCUT2D eigenvalue weighted by Gasteiger charge is -2.18. The van der Waals surface area contributed by atoms with Crippen LogP contribution in [-0.4, -0.2) is 17.8 Å². The highest BCUT2D eigenvalue weighted by atomic mass is 35.5. The summed E-state index contributed by atoms with van der Waals surface area (Å²) in [6.07, 6.45) is 0.454. The molecule has 15 heavy (non-hydrogen) atoms. The fraction of sp³-hybridized carbons (Fsp3) is 0.455. The second-order valence-corrected chi connectivity index (χ2v) is 4.80. The standard InChI is InChI=1S/C11H14Cl2O2/c1-11(2,14)6-7-4-5-8(15-3)10(13)9(7)12/h4-5,14H,6H2,1-3H3. The minimum atomic E-state index is -0.804. The Labute approximate surface area is 99.8 Å². The molecule has 0 aromatic heterocycles. The molecule has 0 spiro atoms. The van der Waals surface area contributed by atoms with Crippen LogP contribution in [0.3, 0.4) is 0 Å². The molecule has 1 aromatic rings. The number of halogens is 2. The zero-order valence-corrected chi connectivity index (χ0v) is 10.5. The summed E-state index contributed by atoms with van der Waals surface area (Å²) in [7, 11) is 1.53. The molecule has 0 aliphatic carbocycles. The first-order valence-electron chi connectivity index (χ1n) is 4.58. The van der Waals surface area contributed by atoms with Crippen LogP contribution in [0.5, 0.6) is 5.75 Å². The molecule has 4 heteroatoms. The first-order valence-corrected chi connectivity index (χ1v) is 5.34. The molecule has 0 radical (unpaired) electrons. The van der Waals surface area contributed by atoms with Gasteiger partial charge in [-0.3, -0.25) is 0 Å². The number of benzene rings is 1. The van der Waals surface area contributed by atoms with E-state index >= 15 is 0 Å². The van der Waals surface area contributed by atoms with Crippen molar-refractivity contribution in [2.75, 3.05) is 7.11 Å². The fourth-order valence-corrected chi connectivity index (χ4v) is 1.82. The van der Waals surface area contributed by atoms with Crippen molar-refractivity contribution in [1.29, 1.82) is 0 Å². The molecule has 0 saturated carbocycles. The molecule has 0 amide bonds. The molecule has 0 atom stereocenters. The van der Waals surface area contributed by atoms with Crippen molar-refractivity contribution < 1.29 is 9.84 Å². The lowest BCUT2D eigenvalue weighted by molar-refractivity contribution is 0.0810. The Morgan fingerprint density at radius 3 is 2.33 bits per heavy atom. The van der Waals surface area contributed by atoms with Gasteiger partial charge in [-0.05, 0) is 25.5 Å². The van der Waals surface area contributed by atoms with E-state index in [1.54, 1.807) is 19.9 Å². The number of hydrogen-bond acceptors (Lipinski definition) is 2. The summed E-state index contributed by atoms with van der Waals surface area (Å²) < 4.78 is 5.03. The van der Waals surface area contributed by atoms with Crippen LogP contribution < -0.4 is 4.74 Å². The quantitative estimate of drug-likeness (QED) is 0.890. The number of hydrogen-bond donors (Lipinski definition) is 1. The molecule has 0 saturated heterocycles. The van der Waals surface area contributed by atoms with E-state index in [-0.39, 0.29) is 0 Å². The second kappa shape index (κ2) is 4.60. The highest BCUT2D eigenvalue weighted by Gasteiger charge is 2.18. The van der Waals surface area contributed by atoms with Crippen LogP contribution in [-0.2, 0) is 6.42 Å². The van der Waals surface area contributed by atoms with Crippen LogP contribution in [0.25, 0.3) is 0 Å². The lowest BCUT2D eigenvalue weighted by Crippen LogP contribution is -2.22. The van der Waals surface area contributed by atoms with Crippen LogP contribution in [0.2, 0.25) is 10.0 Å². The van der Waals surface area contributed by atoms with E-state index in [9.17, 15) is 5.11 Å². The fourth-order valence-electron chi connectivity index (χ4n) is 1.33. The molecule has 0 fully saturated rings. The molecule has 0 heterocycles. The van der Waals surface area contributed by atoms with E-state index < -0.39 is 5.60 Å². The van der Waals surface area contributed by atoms with Crippen molar-refractivity contribution in [2.24, 2.45) is 0 Å². The SMILES string of the molecule is COc1ccc(CC(C)(C)O)c(Cl)c1Cl. The average Bonchev–Trinajstić information content (AvgIpc) is 2.11. The predicted octanol–water partition coefficient (Wildman–Crippen LogP) is 3.32. The van der Waals surface area contributed by atoms with Gasteiger partial charge >= 0.3 is 0 Å². The molecule has 0 bridgehead atoms. The van der Waals surface area contributed by atoms with E-state index in [1.165, 1.54) is 7.11 Å². The van der Waals surface area contributed by atoms with Gasteiger partial charge in [-0.2, -0.15) is 0 Å². The summed E-state index contributed by atoms with van der Waals surface area (Å²) in [4.78, 5) is 0. The summed E-state index contributed by atoms with van der Waals surface area (Å²) in [5.41, 5.74) is 0.0108. The van der Waals surface area contributed by atoms with Gasteiger partial charge in [0, 0.05) is 6.42 Å². The first-order chi connectivity index (χ1) is 6.85. The highest BCUT2D eigenvalue weighted by Crippen LogP contribution is 2.35. The van der Waals surface area contributed by atoms with Gasteiger partial charge in [0.15, 0.2) is 0 Å². The Kier molecular flexibility index (Phi) is 3.87. The zero-order valence-electron chi connectivity index (χ0n) is 8.97. The number of ether oxygens (including phenoxy) is 1. The minimum Gasteiger partial charge on any atom is -0.495 e. The largest absolute Gasteiger partial charge is 0.495 e. The van der Waals surface area contributed by atoms with Crippen molar-refractivity contribution in [2.45, 2.75) is 25.9 Å². The van der Waals surface area contributed by atoms with Crippen LogP contribution in [0.4, 0.5) is 0 Å². The Morgan fingerprint density at radius 2 is 1.87 bits per heavy atom. The van der Waals surface area contributed by atoms with Gasteiger partial charge in [0.25, 0.3) is 0 Å². The van der Waals surface area contributed by atoms with Gasteiger partial charge in [-0.1, -0.05) is 29.3 Å². The van der Waals surface area contributed by atoms with Gasteiger partial charge in [-0.15, -0.1) is 0 Å². The second-order valence-electron chi connectivity index (χ2n) is 4.04. The zero-order chi connectivity index (χ0) is 11.6. The Hall–Kier alpha value is -0.440. The third-order valence-corrected chi connectivity index (χ3v) is 2.87. The number of rotatable bonds is 3. The van der Waals surface area contributed by atoms with Crippen molar-refractivity contribution in [3.8, 4) is 5.75 Å². The molecule has 0 aliphatic heterocycles. The lowest BCUT2D eigenvalue weighted by atomic mass is 9.99. The third kappa shape index (κ3) is 3.26. The molecule has 84 valence electrons. The maximum atomic E-state index is 9.68. The number of methoxy groups -OCH3 is 1. The molecular weight excluding hydrogens is 235 g/mol. The Balaban J connectivity index is 3.07. The smallest absolute Gasteiger partial charge is 0.138 e. The number of aliphatic hydroxyl groups is 1. The van der Waals surface area contributed by atoms with Crippen molar-refractivity contribution in [1.82, 2.24) is 0 Å². The first kappa shape index (κ1) is 12.6. The van der Waals surface area contributed by atoms with Gasteiger partial charge in [0.05, 0.1) is 17.7 Å². The summed E-state index contributed by atoms with van der Waals surface area (Å²) in [6.45, 7) is 3.45. The maximum Gasteiger partial charge on any atom is 0.138 e. The Bertz CT molecular complexity index is 356. The van der Waals surface area contributed by atoms with Gasteiger partial charge < -0.3 is 9.84 Å². The van der Waals surface area contributed by atoms with Crippen molar-refractivity contribution >= 4 is 23.2 Å². The van der Waals surface area contributed by atoms with E-state index in [4.69, 9.17) is 27.9 Å². The minimum absolute atomic E-state index is 0.390. The van der Waals surface area contributed by atoms with E-state index in [0.29, 0.717) is 22.2 Å². The molecule has 1 N–H and O–H groups in total. The van der Waals surface area contributed by atoms with E-state index in [2.05, 4.69) is 0 Å². The van der Waals surface area contributed by atoms with Crippen LogP contribution >= 0.6 is 23.2 Å². The molecular formula is C11H14Cl2O2. The Morgan fingerprint density at radius 1 is 1.27 bits per heavy atom. The van der Waals surface area contributed by atoms with Crippen LogP contribution in [0.15, 0.2) is 12.1 Å². The normalized spacial score (nSPS) is 11.6. The molecule has 0 unspecified atom stereocenters. The van der Waals surface area contributed by atoms with Gasteiger partial charge in [0.2, 0.25) is 0 Å². The summed E-state index contributed by atoms with van der Waals surface area (Å²) in [5, 5.41) is 10.5. The van der Waals surface area contributed by atoms with Crippen LogP contribution in [0.1, 0.15) is 19.4 Å². The molecule has 0 aliphatic rings.